The molecule has 0 saturated carbocycles. The van der Waals surface area contributed by atoms with Crippen molar-refractivity contribution in [1.29, 1.82) is 0 Å². The van der Waals surface area contributed by atoms with Gasteiger partial charge in [0.05, 0.1) is 4.92 Å². The summed E-state index contributed by atoms with van der Waals surface area (Å²) in [5.41, 5.74) is 4.63. The van der Waals surface area contributed by atoms with Gasteiger partial charge in [0.2, 0.25) is 0 Å². The topological polar surface area (TPSA) is 55.2 Å². The zero-order chi connectivity index (χ0) is 16.6. The predicted octanol–water partition coefficient (Wildman–Crippen LogP) is 4.74. The van der Waals surface area contributed by atoms with Crippen LogP contribution in [-0.2, 0) is 0 Å². The van der Waals surface area contributed by atoms with Gasteiger partial charge in [0.25, 0.3) is 5.69 Å². The molecule has 1 aliphatic rings. The van der Waals surface area contributed by atoms with Crippen LogP contribution in [0.25, 0.3) is 0 Å². The summed E-state index contributed by atoms with van der Waals surface area (Å²) in [5.74, 6) is 0.256. The molecule has 1 aliphatic carbocycles. The molecule has 0 fully saturated rings. The van der Waals surface area contributed by atoms with E-state index in [1.165, 1.54) is 11.1 Å². The minimum absolute atomic E-state index is 0.150. The molecule has 0 amide bonds. The number of non-ortho nitro benzene ring substituents is 1. The minimum Gasteiger partial charge on any atom is -0.313 e. The molecule has 23 heavy (non-hydrogen) atoms. The van der Waals surface area contributed by atoms with Crippen molar-refractivity contribution in [2.75, 3.05) is 7.05 Å². The lowest BCUT2D eigenvalue weighted by atomic mass is 9.76. The maximum atomic E-state index is 11.1. The van der Waals surface area contributed by atoms with Gasteiger partial charge in [0.1, 0.15) is 0 Å². The molecule has 0 unspecified atom stereocenters. The Bertz CT molecular complexity index is 761. The van der Waals surface area contributed by atoms with Gasteiger partial charge in [-0.15, -0.1) is 0 Å². The fourth-order valence-electron chi connectivity index (χ4n) is 3.47. The first kappa shape index (κ1) is 16.0. The summed E-state index contributed by atoms with van der Waals surface area (Å²) in [5, 5.41) is 15.1. The van der Waals surface area contributed by atoms with Gasteiger partial charge < -0.3 is 5.32 Å². The molecule has 0 spiro atoms. The summed E-state index contributed by atoms with van der Waals surface area (Å²) >= 11 is 6.14. The summed E-state index contributed by atoms with van der Waals surface area (Å²) < 4.78 is 0. The molecular formula is C18H19ClN2O2. The second-order valence-electron chi connectivity index (χ2n) is 6.05. The molecule has 0 radical (unpaired) electrons. The number of nitrogens with zero attached hydrogens (tertiary/aromatic N) is 1. The molecule has 120 valence electrons. The molecule has 0 bridgehead atoms. The summed E-state index contributed by atoms with van der Waals surface area (Å²) in [7, 11) is 1.90. The Balaban J connectivity index is 2.08. The van der Waals surface area contributed by atoms with Crippen molar-refractivity contribution in [1.82, 2.24) is 5.32 Å². The Morgan fingerprint density at radius 3 is 2.61 bits per heavy atom. The summed E-state index contributed by atoms with van der Waals surface area (Å²) in [6, 6.07) is 11.5. The lowest BCUT2D eigenvalue weighted by molar-refractivity contribution is -0.385. The van der Waals surface area contributed by atoms with Crippen LogP contribution in [0.3, 0.4) is 0 Å². The highest BCUT2D eigenvalue weighted by atomic mass is 35.5. The van der Waals surface area contributed by atoms with Gasteiger partial charge in [-0.3, -0.25) is 10.1 Å². The third-order valence-corrected chi connectivity index (χ3v) is 5.13. The largest absolute Gasteiger partial charge is 0.313 e. The van der Waals surface area contributed by atoms with E-state index in [9.17, 15) is 10.1 Å². The van der Waals surface area contributed by atoms with Crippen molar-refractivity contribution in [3.8, 4) is 0 Å². The number of nitro benzene ring substituents is 1. The number of aryl methyl sites for hydroxylation is 1. The summed E-state index contributed by atoms with van der Waals surface area (Å²) in [6.07, 6.45) is 1.97. The molecule has 0 aliphatic heterocycles. The van der Waals surface area contributed by atoms with E-state index in [4.69, 9.17) is 11.6 Å². The van der Waals surface area contributed by atoms with Crippen LogP contribution in [0.15, 0.2) is 36.4 Å². The van der Waals surface area contributed by atoms with Crippen LogP contribution >= 0.6 is 11.6 Å². The van der Waals surface area contributed by atoms with E-state index in [1.54, 1.807) is 12.1 Å². The zero-order valence-corrected chi connectivity index (χ0v) is 13.9. The van der Waals surface area contributed by atoms with E-state index in [0.717, 1.165) is 29.0 Å². The second-order valence-corrected chi connectivity index (χ2v) is 6.46. The monoisotopic (exact) mass is 330 g/mol. The number of hydrogen-bond acceptors (Lipinski definition) is 3. The Morgan fingerprint density at radius 1 is 1.17 bits per heavy atom. The molecule has 2 atom stereocenters. The molecule has 0 heterocycles. The summed E-state index contributed by atoms with van der Waals surface area (Å²) in [6.45, 7) is 2.00. The minimum atomic E-state index is -0.330. The van der Waals surface area contributed by atoms with E-state index in [0.29, 0.717) is 0 Å². The van der Waals surface area contributed by atoms with Crippen molar-refractivity contribution in [2.45, 2.75) is 31.7 Å². The number of benzene rings is 2. The van der Waals surface area contributed by atoms with E-state index in [2.05, 4.69) is 17.4 Å². The highest BCUT2D eigenvalue weighted by Crippen LogP contribution is 2.42. The lowest BCUT2D eigenvalue weighted by Gasteiger charge is -2.32. The highest BCUT2D eigenvalue weighted by Gasteiger charge is 2.29. The molecule has 0 aromatic heterocycles. The number of fused-ring (bicyclic) bond motifs is 1. The van der Waals surface area contributed by atoms with Gasteiger partial charge in [0.15, 0.2) is 0 Å². The SMILES string of the molecule is CN[C@H]1CC[C@@H](c2ccc(Cl)c(C)c2)c2ccc([N+](=O)[O-])cc21. The van der Waals surface area contributed by atoms with Crippen molar-refractivity contribution in [2.24, 2.45) is 0 Å². The molecule has 5 heteroatoms. The summed E-state index contributed by atoms with van der Waals surface area (Å²) in [4.78, 5) is 10.8. The van der Waals surface area contributed by atoms with Crippen molar-refractivity contribution < 1.29 is 4.92 Å². The molecule has 0 saturated heterocycles. The second kappa shape index (κ2) is 6.30. The average Bonchev–Trinajstić information content (AvgIpc) is 2.55. The highest BCUT2D eigenvalue weighted by molar-refractivity contribution is 6.31. The van der Waals surface area contributed by atoms with E-state index in [1.807, 2.05) is 26.1 Å². The Morgan fingerprint density at radius 2 is 1.96 bits per heavy atom. The van der Waals surface area contributed by atoms with E-state index in [-0.39, 0.29) is 22.6 Å². The van der Waals surface area contributed by atoms with Crippen molar-refractivity contribution in [3.63, 3.8) is 0 Å². The normalized spacial score (nSPS) is 20.1. The predicted molar refractivity (Wildman–Crippen MR) is 92.2 cm³/mol. The van der Waals surface area contributed by atoms with Crippen LogP contribution in [0.2, 0.25) is 5.02 Å². The van der Waals surface area contributed by atoms with Gasteiger partial charge in [-0.1, -0.05) is 29.8 Å². The molecule has 2 aromatic carbocycles. The Labute approximate surface area is 140 Å². The number of nitrogens with one attached hydrogen (secondary N) is 1. The van der Waals surface area contributed by atoms with Crippen molar-refractivity contribution in [3.05, 3.63) is 73.8 Å². The maximum absolute atomic E-state index is 11.1. The van der Waals surface area contributed by atoms with Gasteiger partial charge in [0, 0.05) is 29.1 Å². The first-order valence-electron chi connectivity index (χ1n) is 7.73. The number of nitro groups is 1. The fraction of sp³-hybridized carbons (Fsp3) is 0.333. The van der Waals surface area contributed by atoms with Crippen LogP contribution in [-0.4, -0.2) is 12.0 Å². The van der Waals surface area contributed by atoms with Gasteiger partial charge in [-0.25, -0.2) is 0 Å². The zero-order valence-electron chi connectivity index (χ0n) is 13.2. The lowest BCUT2D eigenvalue weighted by Crippen LogP contribution is -2.24. The van der Waals surface area contributed by atoms with Crippen LogP contribution < -0.4 is 5.32 Å². The fourth-order valence-corrected chi connectivity index (χ4v) is 3.59. The first-order valence-corrected chi connectivity index (χ1v) is 8.10. The number of halogens is 1. The quantitative estimate of drug-likeness (QED) is 0.653. The maximum Gasteiger partial charge on any atom is 0.269 e. The average molecular weight is 331 g/mol. The van der Waals surface area contributed by atoms with Gasteiger partial charge >= 0.3 is 0 Å². The van der Waals surface area contributed by atoms with Crippen LogP contribution in [0.1, 0.15) is 47.1 Å². The standard InChI is InChI=1S/C18H19ClN2O2/c1-11-9-12(3-7-17(11)19)14-6-8-18(20-2)16-10-13(21(22)23)4-5-15(14)16/h3-5,7,9-10,14,18,20H,6,8H2,1-2H3/t14-,18-/m0/s1. The molecule has 3 rings (SSSR count). The van der Waals surface area contributed by atoms with Crippen LogP contribution in [0.4, 0.5) is 5.69 Å². The Kier molecular flexibility index (Phi) is 4.37. The molecule has 1 N–H and O–H groups in total. The van der Waals surface area contributed by atoms with Gasteiger partial charge in [-0.2, -0.15) is 0 Å². The Hall–Kier alpha value is -1.91. The van der Waals surface area contributed by atoms with Crippen LogP contribution in [0.5, 0.6) is 0 Å². The van der Waals surface area contributed by atoms with Gasteiger partial charge in [-0.05, 0) is 55.1 Å². The number of rotatable bonds is 3. The first-order chi connectivity index (χ1) is 11.0. The molecular weight excluding hydrogens is 312 g/mol. The smallest absolute Gasteiger partial charge is 0.269 e. The third kappa shape index (κ3) is 2.96. The molecule has 4 nitrogen and oxygen atoms in total. The number of hydrogen-bond donors (Lipinski definition) is 1. The van der Waals surface area contributed by atoms with Crippen molar-refractivity contribution >= 4 is 17.3 Å². The van der Waals surface area contributed by atoms with Crippen LogP contribution in [0, 0.1) is 17.0 Å². The molecule has 2 aromatic rings. The third-order valence-electron chi connectivity index (χ3n) is 4.71. The van der Waals surface area contributed by atoms with E-state index >= 15 is 0 Å². The van der Waals surface area contributed by atoms with E-state index < -0.39 is 0 Å².